The Labute approximate surface area is 309 Å². The number of hydrogen-bond donors (Lipinski definition) is 0. The summed E-state index contributed by atoms with van der Waals surface area (Å²) in [5.41, 5.74) is 15.2. The third kappa shape index (κ3) is 5.17. The fraction of sp³-hybridized carbons (Fsp3) is 0.0200. The van der Waals surface area contributed by atoms with Crippen LogP contribution in [0.15, 0.2) is 200 Å². The van der Waals surface area contributed by atoms with E-state index in [2.05, 4.69) is 162 Å². The van der Waals surface area contributed by atoms with Crippen LogP contribution in [0.25, 0.3) is 66.9 Å². The first-order valence-electron chi connectivity index (χ1n) is 18.0. The van der Waals surface area contributed by atoms with Gasteiger partial charge in [0.25, 0.3) is 0 Å². The number of hydrogen-bond acceptors (Lipinski definition) is 3. The first-order valence-corrected chi connectivity index (χ1v) is 18.0. The molecule has 0 aliphatic heterocycles. The zero-order chi connectivity index (χ0) is 35.2. The van der Waals surface area contributed by atoms with Crippen molar-refractivity contribution in [3.8, 4) is 56.2 Å². The highest BCUT2D eigenvalue weighted by Gasteiger charge is 2.46. The molecule has 53 heavy (non-hydrogen) atoms. The van der Waals surface area contributed by atoms with Gasteiger partial charge in [-0.25, -0.2) is 4.98 Å². The molecule has 248 valence electrons. The first kappa shape index (κ1) is 30.8. The van der Waals surface area contributed by atoms with Crippen LogP contribution in [-0.2, 0) is 5.41 Å². The Morgan fingerprint density at radius 3 is 1.40 bits per heavy atom. The van der Waals surface area contributed by atoms with Gasteiger partial charge in [0.05, 0.1) is 28.2 Å². The van der Waals surface area contributed by atoms with Gasteiger partial charge in [0.2, 0.25) is 0 Å². The van der Waals surface area contributed by atoms with E-state index in [1.165, 1.54) is 55.3 Å². The van der Waals surface area contributed by atoms with Crippen molar-refractivity contribution in [2.24, 2.45) is 0 Å². The van der Waals surface area contributed by atoms with Crippen molar-refractivity contribution < 1.29 is 0 Å². The molecule has 0 atom stereocenters. The van der Waals surface area contributed by atoms with Gasteiger partial charge in [-0.2, -0.15) is 0 Å². The summed E-state index contributed by atoms with van der Waals surface area (Å²) in [5.74, 6) is 0. The third-order valence-electron chi connectivity index (χ3n) is 10.6. The lowest BCUT2D eigenvalue weighted by Gasteiger charge is -2.34. The van der Waals surface area contributed by atoms with Crippen LogP contribution in [0, 0.1) is 0 Å². The zero-order valence-corrected chi connectivity index (χ0v) is 28.9. The molecule has 9 aromatic rings. The molecule has 1 aliphatic rings. The molecule has 0 unspecified atom stereocenters. The molecular formula is C50H33N3. The molecular weight excluding hydrogens is 643 g/mol. The lowest BCUT2D eigenvalue weighted by atomic mass is 9.67. The minimum Gasteiger partial charge on any atom is -0.255 e. The lowest BCUT2D eigenvalue weighted by Crippen LogP contribution is -2.28. The molecule has 0 saturated carbocycles. The van der Waals surface area contributed by atoms with Gasteiger partial charge in [0.15, 0.2) is 0 Å². The zero-order valence-electron chi connectivity index (χ0n) is 28.9. The molecule has 10 rings (SSSR count). The number of pyridine rings is 3. The Morgan fingerprint density at radius 1 is 0.321 bits per heavy atom. The minimum atomic E-state index is -0.428. The highest BCUT2D eigenvalue weighted by molar-refractivity contribution is 5.93. The van der Waals surface area contributed by atoms with Gasteiger partial charge in [0, 0.05) is 12.4 Å². The second-order valence-electron chi connectivity index (χ2n) is 13.6. The Bertz CT molecular complexity index is 2660. The average molecular weight is 676 g/mol. The molecule has 0 spiro atoms. The van der Waals surface area contributed by atoms with E-state index in [-0.39, 0.29) is 0 Å². The van der Waals surface area contributed by atoms with Crippen molar-refractivity contribution in [2.45, 2.75) is 5.41 Å². The van der Waals surface area contributed by atoms with E-state index in [4.69, 9.17) is 4.98 Å². The van der Waals surface area contributed by atoms with Gasteiger partial charge in [-0.05, 0) is 121 Å². The molecule has 3 heteroatoms. The van der Waals surface area contributed by atoms with Crippen molar-refractivity contribution in [1.29, 1.82) is 0 Å². The number of aromatic nitrogens is 3. The molecule has 0 saturated heterocycles. The molecule has 0 radical (unpaired) electrons. The van der Waals surface area contributed by atoms with Crippen LogP contribution in [0.1, 0.15) is 22.3 Å². The molecule has 0 amide bonds. The van der Waals surface area contributed by atoms with Crippen molar-refractivity contribution in [2.75, 3.05) is 0 Å². The Morgan fingerprint density at radius 2 is 0.811 bits per heavy atom. The highest BCUT2D eigenvalue weighted by Crippen LogP contribution is 2.56. The Kier molecular flexibility index (Phi) is 7.36. The maximum atomic E-state index is 4.97. The van der Waals surface area contributed by atoms with Crippen molar-refractivity contribution in [1.82, 2.24) is 15.0 Å². The van der Waals surface area contributed by atoms with E-state index in [1.54, 1.807) is 12.4 Å². The normalized spacial score (nSPS) is 12.7. The molecule has 3 nitrogen and oxygen atoms in total. The maximum Gasteiger partial charge on any atom is 0.0900 e. The molecule has 0 bridgehead atoms. The van der Waals surface area contributed by atoms with Crippen molar-refractivity contribution >= 4 is 10.8 Å². The summed E-state index contributed by atoms with van der Waals surface area (Å²) in [5, 5.41) is 2.37. The van der Waals surface area contributed by atoms with Crippen LogP contribution in [0.3, 0.4) is 0 Å². The average Bonchev–Trinajstić information content (AvgIpc) is 3.55. The fourth-order valence-electron chi connectivity index (χ4n) is 8.22. The highest BCUT2D eigenvalue weighted by atomic mass is 14.8. The minimum absolute atomic E-state index is 0.428. The number of benzene rings is 6. The monoisotopic (exact) mass is 675 g/mol. The van der Waals surface area contributed by atoms with Crippen LogP contribution in [-0.4, -0.2) is 15.0 Å². The van der Waals surface area contributed by atoms with Gasteiger partial charge in [-0.1, -0.05) is 133 Å². The topological polar surface area (TPSA) is 38.7 Å². The first-order chi connectivity index (χ1) is 26.3. The predicted molar refractivity (Wildman–Crippen MR) is 216 cm³/mol. The summed E-state index contributed by atoms with van der Waals surface area (Å²) in [6, 6.07) is 67.5. The molecule has 0 N–H and O–H groups in total. The number of fused-ring (bicyclic) bond motifs is 4. The van der Waals surface area contributed by atoms with Gasteiger partial charge in [-0.15, -0.1) is 0 Å². The standard InChI is InChI=1S/C50H33N3/c1-3-13-40(14-4-1)50(41-15-5-2-6-16-41)44-18-8-7-17-42(44)43-26-25-38(31-45(43)50)36-22-21-35-30-37(24-23-34(35)29-36)39-32-48(46-19-9-11-27-51-46)53-49(33-39)47-20-10-12-28-52-47/h1-33H. The summed E-state index contributed by atoms with van der Waals surface area (Å²) in [7, 11) is 0. The largest absolute Gasteiger partial charge is 0.255 e. The van der Waals surface area contributed by atoms with Crippen LogP contribution >= 0.6 is 0 Å². The van der Waals surface area contributed by atoms with Crippen molar-refractivity contribution in [3.63, 3.8) is 0 Å². The second kappa shape index (κ2) is 12.7. The van der Waals surface area contributed by atoms with Crippen LogP contribution in [0.2, 0.25) is 0 Å². The third-order valence-corrected chi connectivity index (χ3v) is 10.6. The summed E-state index contributed by atoms with van der Waals surface area (Å²) in [4.78, 5) is 14.2. The number of rotatable bonds is 6. The van der Waals surface area contributed by atoms with E-state index in [0.717, 1.165) is 33.9 Å². The van der Waals surface area contributed by atoms with E-state index in [1.807, 2.05) is 36.4 Å². The quantitative estimate of drug-likeness (QED) is 0.176. The summed E-state index contributed by atoms with van der Waals surface area (Å²) in [6.07, 6.45) is 3.61. The second-order valence-corrected chi connectivity index (χ2v) is 13.6. The smallest absolute Gasteiger partial charge is 0.0900 e. The SMILES string of the molecule is c1ccc(C2(c3ccccc3)c3ccccc3-c3ccc(-c4ccc5cc(-c6cc(-c7ccccn7)nc(-c7ccccn7)c6)ccc5c4)cc32)cc1. The molecule has 3 aromatic heterocycles. The summed E-state index contributed by atoms with van der Waals surface area (Å²) in [6.45, 7) is 0. The molecule has 1 aliphatic carbocycles. The van der Waals surface area contributed by atoms with E-state index in [9.17, 15) is 0 Å². The summed E-state index contributed by atoms with van der Waals surface area (Å²) < 4.78 is 0. The maximum absolute atomic E-state index is 4.97. The predicted octanol–water partition coefficient (Wildman–Crippen LogP) is 12.1. The molecule has 0 fully saturated rings. The Hall–Kier alpha value is -6.97. The van der Waals surface area contributed by atoms with Gasteiger partial charge in [-0.3, -0.25) is 9.97 Å². The van der Waals surface area contributed by atoms with Crippen molar-refractivity contribution in [3.05, 3.63) is 223 Å². The van der Waals surface area contributed by atoms with Crippen LogP contribution in [0.5, 0.6) is 0 Å². The van der Waals surface area contributed by atoms with E-state index in [0.29, 0.717) is 0 Å². The fourth-order valence-corrected chi connectivity index (χ4v) is 8.22. The Balaban J connectivity index is 1.09. The van der Waals surface area contributed by atoms with Gasteiger partial charge < -0.3 is 0 Å². The number of nitrogens with zero attached hydrogens (tertiary/aromatic N) is 3. The molecule has 6 aromatic carbocycles. The van der Waals surface area contributed by atoms with Gasteiger partial charge >= 0.3 is 0 Å². The van der Waals surface area contributed by atoms with E-state index >= 15 is 0 Å². The summed E-state index contributed by atoms with van der Waals surface area (Å²) >= 11 is 0. The molecule has 3 heterocycles. The lowest BCUT2D eigenvalue weighted by molar-refractivity contribution is 0.769. The van der Waals surface area contributed by atoms with Crippen LogP contribution < -0.4 is 0 Å². The van der Waals surface area contributed by atoms with Gasteiger partial charge in [0.1, 0.15) is 0 Å². The van der Waals surface area contributed by atoms with E-state index < -0.39 is 5.41 Å². The van der Waals surface area contributed by atoms with Crippen LogP contribution in [0.4, 0.5) is 0 Å².